The number of benzene rings is 1. The third-order valence-corrected chi connectivity index (χ3v) is 1.95. The summed E-state index contributed by atoms with van der Waals surface area (Å²) in [5.74, 6) is 0. The molecule has 1 aromatic rings. The molecule has 1 rings (SSSR count). The molecule has 0 saturated heterocycles. The van der Waals surface area contributed by atoms with Crippen LogP contribution in [-0.2, 0) is 0 Å². The molecule has 0 aliphatic heterocycles. The minimum Gasteiger partial charge on any atom is -0.259 e. The summed E-state index contributed by atoms with van der Waals surface area (Å²) < 4.78 is 0.667. The molecule has 72 valence electrons. The van der Waals surface area contributed by atoms with E-state index in [1.807, 2.05) is 30.3 Å². The van der Waals surface area contributed by atoms with Crippen molar-refractivity contribution in [3.05, 3.63) is 62.8 Å². The zero-order valence-corrected chi connectivity index (χ0v) is 8.85. The van der Waals surface area contributed by atoms with E-state index in [-0.39, 0.29) is 0 Å². The molecule has 0 aliphatic rings. The second-order valence-corrected chi connectivity index (χ2v) is 3.46. The summed E-state index contributed by atoms with van der Waals surface area (Å²) in [6.07, 6.45) is 4.09. The van der Waals surface area contributed by atoms with Crippen molar-refractivity contribution in [2.24, 2.45) is 0 Å². The van der Waals surface area contributed by atoms with Crippen LogP contribution in [0.1, 0.15) is 5.56 Å². The van der Waals surface area contributed by atoms with Gasteiger partial charge in [-0.15, -0.1) is 0 Å². The molecule has 0 heterocycles. The van der Waals surface area contributed by atoms with E-state index in [0.717, 1.165) is 11.8 Å². The number of hydrogen-bond donors (Lipinski definition) is 0. The van der Waals surface area contributed by atoms with Gasteiger partial charge in [0.15, 0.2) is 0 Å². The molecule has 4 heteroatoms. The number of nitrogens with zero attached hydrogens (tertiary/aromatic N) is 1. The molecule has 0 radical (unpaired) electrons. The van der Waals surface area contributed by atoms with Crippen LogP contribution in [0.2, 0.25) is 0 Å². The summed E-state index contributed by atoms with van der Waals surface area (Å²) >= 11 is 3.21. The molecule has 3 nitrogen and oxygen atoms in total. The van der Waals surface area contributed by atoms with Crippen LogP contribution in [0, 0.1) is 10.1 Å². The molecule has 0 unspecified atom stereocenters. The normalized spacial score (nSPS) is 11.9. The van der Waals surface area contributed by atoms with Gasteiger partial charge in [0.05, 0.1) is 4.92 Å². The van der Waals surface area contributed by atoms with E-state index in [1.165, 1.54) is 6.08 Å². The number of allylic oxidation sites excluding steroid dienone is 2. The molecule has 0 amide bonds. The van der Waals surface area contributed by atoms with Gasteiger partial charge in [0.2, 0.25) is 6.20 Å². The third kappa shape index (κ3) is 4.00. The molecule has 0 spiro atoms. The Balaban J connectivity index is 2.74. The van der Waals surface area contributed by atoms with Gasteiger partial charge in [0.25, 0.3) is 0 Å². The van der Waals surface area contributed by atoms with Gasteiger partial charge in [0, 0.05) is 10.6 Å². The Morgan fingerprint density at radius 1 is 1.36 bits per heavy atom. The lowest BCUT2D eigenvalue weighted by molar-refractivity contribution is -0.402. The van der Waals surface area contributed by atoms with Crippen LogP contribution in [0.25, 0.3) is 6.08 Å². The zero-order valence-electron chi connectivity index (χ0n) is 7.26. The Labute approximate surface area is 90.0 Å². The fourth-order valence-corrected chi connectivity index (χ4v) is 1.27. The van der Waals surface area contributed by atoms with Gasteiger partial charge in [-0.3, -0.25) is 10.1 Å². The molecular weight excluding hydrogens is 246 g/mol. The maximum Gasteiger partial charge on any atom is 0.235 e. The second kappa shape index (κ2) is 5.34. The van der Waals surface area contributed by atoms with Crippen molar-refractivity contribution >= 4 is 22.0 Å². The molecule has 0 aliphatic carbocycles. The zero-order chi connectivity index (χ0) is 10.4. The van der Waals surface area contributed by atoms with Crippen molar-refractivity contribution in [3.8, 4) is 0 Å². The Hall–Kier alpha value is -1.42. The number of halogens is 1. The van der Waals surface area contributed by atoms with Crippen LogP contribution in [0.4, 0.5) is 0 Å². The summed E-state index contributed by atoms with van der Waals surface area (Å²) in [6, 6.07) is 9.56. The van der Waals surface area contributed by atoms with Crippen molar-refractivity contribution < 1.29 is 4.92 Å². The molecule has 1 aromatic carbocycles. The molecule has 0 N–H and O–H groups in total. The molecule has 0 atom stereocenters. The minimum absolute atomic E-state index is 0.500. The van der Waals surface area contributed by atoms with Crippen molar-refractivity contribution in [1.82, 2.24) is 0 Å². The van der Waals surface area contributed by atoms with Crippen LogP contribution in [0.3, 0.4) is 0 Å². The molecular formula is C10H8BrNO2. The summed E-state index contributed by atoms with van der Waals surface area (Å²) in [5.41, 5.74) is 0.993. The quantitative estimate of drug-likeness (QED) is 0.472. The molecule has 0 aromatic heterocycles. The van der Waals surface area contributed by atoms with Gasteiger partial charge >= 0.3 is 0 Å². The summed E-state index contributed by atoms with van der Waals surface area (Å²) in [6.45, 7) is 0. The largest absolute Gasteiger partial charge is 0.259 e. The Kier molecular flexibility index (Phi) is 4.07. The van der Waals surface area contributed by atoms with Crippen LogP contribution < -0.4 is 0 Å². The first-order chi connectivity index (χ1) is 6.68. The standard InChI is InChI=1S/C10H8BrNO2/c11-10(6-7-12(13)14)8-9-4-2-1-3-5-9/h1-8H. The van der Waals surface area contributed by atoms with Gasteiger partial charge in [-0.1, -0.05) is 46.3 Å². The molecule has 14 heavy (non-hydrogen) atoms. The van der Waals surface area contributed by atoms with E-state index in [2.05, 4.69) is 15.9 Å². The lowest BCUT2D eigenvalue weighted by atomic mass is 10.2. The van der Waals surface area contributed by atoms with Gasteiger partial charge in [-0.25, -0.2) is 0 Å². The van der Waals surface area contributed by atoms with Crippen LogP contribution in [0.5, 0.6) is 0 Å². The van der Waals surface area contributed by atoms with Crippen molar-refractivity contribution in [2.45, 2.75) is 0 Å². The number of hydrogen-bond acceptors (Lipinski definition) is 2. The molecule has 0 bridgehead atoms. The molecule has 0 fully saturated rings. The second-order valence-electron chi connectivity index (χ2n) is 2.54. The number of nitro groups is 1. The van der Waals surface area contributed by atoms with Crippen LogP contribution in [0.15, 0.2) is 47.1 Å². The summed E-state index contributed by atoms with van der Waals surface area (Å²) in [5, 5.41) is 10.0. The SMILES string of the molecule is O=[N+]([O-])C=CC(Br)=Cc1ccccc1. The first-order valence-corrected chi connectivity index (χ1v) is 4.72. The maximum absolute atomic E-state index is 10.0. The lowest BCUT2D eigenvalue weighted by Crippen LogP contribution is -1.81. The highest BCUT2D eigenvalue weighted by Crippen LogP contribution is 2.12. The van der Waals surface area contributed by atoms with Crippen LogP contribution in [-0.4, -0.2) is 4.92 Å². The highest BCUT2D eigenvalue weighted by atomic mass is 79.9. The first kappa shape index (κ1) is 10.7. The van der Waals surface area contributed by atoms with E-state index in [9.17, 15) is 10.1 Å². The molecule has 0 saturated carbocycles. The first-order valence-electron chi connectivity index (χ1n) is 3.92. The smallest absolute Gasteiger partial charge is 0.235 e. The van der Waals surface area contributed by atoms with E-state index < -0.39 is 4.92 Å². The number of rotatable bonds is 3. The predicted octanol–water partition coefficient (Wildman–Crippen LogP) is 3.21. The highest BCUT2D eigenvalue weighted by molar-refractivity contribution is 9.12. The lowest BCUT2D eigenvalue weighted by Gasteiger charge is -1.91. The van der Waals surface area contributed by atoms with Crippen molar-refractivity contribution in [1.29, 1.82) is 0 Å². The van der Waals surface area contributed by atoms with Crippen molar-refractivity contribution in [2.75, 3.05) is 0 Å². The van der Waals surface area contributed by atoms with Gasteiger partial charge < -0.3 is 0 Å². The van der Waals surface area contributed by atoms with E-state index in [1.54, 1.807) is 6.08 Å². The van der Waals surface area contributed by atoms with E-state index >= 15 is 0 Å². The average Bonchev–Trinajstić information content (AvgIpc) is 2.16. The van der Waals surface area contributed by atoms with Crippen LogP contribution >= 0.6 is 15.9 Å². The van der Waals surface area contributed by atoms with Gasteiger partial charge in [-0.2, -0.15) is 0 Å². The average molecular weight is 254 g/mol. The minimum atomic E-state index is -0.500. The Bertz CT molecular complexity index is 371. The van der Waals surface area contributed by atoms with E-state index in [0.29, 0.717) is 4.48 Å². The fourth-order valence-electron chi connectivity index (χ4n) is 0.889. The fraction of sp³-hybridized carbons (Fsp3) is 0. The summed E-state index contributed by atoms with van der Waals surface area (Å²) in [7, 11) is 0. The van der Waals surface area contributed by atoms with Crippen molar-refractivity contribution in [3.63, 3.8) is 0 Å². The predicted molar refractivity (Wildman–Crippen MR) is 59.5 cm³/mol. The topological polar surface area (TPSA) is 43.1 Å². The summed E-state index contributed by atoms with van der Waals surface area (Å²) in [4.78, 5) is 9.53. The van der Waals surface area contributed by atoms with E-state index in [4.69, 9.17) is 0 Å². The highest BCUT2D eigenvalue weighted by Gasteiger charge is 1.90. The third-order valence-electron chi connectivity index (χ3n) is 1.46. The van der Waals surface area contributed by atoms with Gasteiger partial charge in [0.1, 0.15) is 0 Å². The van der Waals surface area contributed by atoms with Gasteiger partial charge in [-0.05, 0) is 11.6 Å². The Morgan fingerprint density at radius 2 is 2.00 bits per heavy atom. The Morgan fingerprint density at radius 3 is 2.57 bits per heavy atom. The monoisotopic (exact) mass is 253 g/mol. The maximum atomic E-state index is 10.0.